The van der Waals surface area contributed by atoms with Crippen LogP contribution in [0.15, 0.2) is 29.3 Å². The highest BCUT2D eigenvalue weighted by atomic mass is 15.6. The van der Waals surface area contributed by atoms with Crippen molar-refractivity contribution in [3.8, 4) is 0 Å². The fourth-order valence-electron chi connectivity index (χ4n) is 5.44. The van der Waals surface area contributed by atoms with Gasteiger partial charge in [-0.3, -0.25) is 16.1 Å². The zero-order valence-electron chi connectivity index (χ0n) is 15.2. The first-order valence-electron chi connectivity index (χ1n) is 9.88. The van der Waals surface area contributed by atoms with Gasteiger partial charge in [-0.2, -0.15) is 5.43 Å². The normalized spacial score (nSPS) is 37.0. The highest BCUT2D eigenvalue weighted by Gasteiger charge is 2.42. The van der Waals surface area contributed by atoms with Crippen LogP contribution in [0.1, 0.15) is 31.2 Å². The van der Waals surface area contributed by atoms with Crippen LogP contribution in [0.2, 0.25) is 0 Å². The molecule has 2 heterocycles. The number of guanidine groups is 1. The number of anilines is 1. The van der Waals surface area contributed by atoms with E-state index in [1.54, 1.807) is 0 Å². The van der Waals surface area contributed by atoms with E-state index in [4.69, 9.17) is 11.5 Å². The van der Waals surface area contributed by atoms with E-state index in [1.165, 1.54) is 44.5 Å². The highest BCUT2D eigenvalue weighted by Crippen LogP contribution is 2.46. The molecule has 26 heavy (non-hydrogen) atoms. The monoisotopic (exact) mass is 355 g/mol. The quantitative estimate of drug-likeness (QED) is 0.630. The Hall–Kier alpha value is -1.83. The number of hydrogen-bond donors (Lipinski definition) is 4. The number of nitrogens with two attached hydrogens (primary N) is 2. The first-order valence-corrected chi connectivity index (χ1v) is 9.88. The largest absolute Gasteiger partial charge is 0.369 e. The van der Waals surface area contributed by atoms with Crippen molar-refractivity contribution in [1.29, 1.82) is 0 Å². The van der Waals surface area contributed by atoms with E-state index in [9.17, 15) is 0 Å². The van der Waals surface area contributed by atoms with Crippen molar-refractivity contribution in [2.24, 2.45) is 28.3 Å². The first kappa shape index (κ1) is 16.4. The van der Waals surface area contributed by atoms with Gasteiger partial charge in [0.05, 0.1) is 0 Å². The molecule has 0 aromatic heterocycles. The summed E-state index contributed by atoms with van der Waals surface area (Å²) in [6.45, 7) is 4.57. The zero-order valence-corrected chi connectivity index (χ0v) is 15.2. The number of nitrogens with zero attached hydrogens (tertiary/aromatic N) is 3. The number of nitrogens with one attached hydrogen (secondary N) is 2. The lowest BCUT2D eigenvalue weighted by atomic mass is 9.93. The average molecular weight is 355 g/mol. The van der Waals surface area contributed by atoms with Crippen LogP contribution in [0.5, 0.6) is 0 Å². The predicted octanol–water partition coefficient (Wildman–Crippen LogP) is 0.489. The molecular weight excluding hydrogens is 326 g/mol. The third-order valence-corrected chi connectivity index (χ3v) is 6.83. The molecule has 140 valence electrons. The van der Waals surface area contributed by atoms with E-state index in [0.717, 1.165) is 36.5 Å². The van der Waals surface area contributed by atoms with Gasteiger partial charge in [0.25, 0.3) is 0 Å². The first-order chi connectivity index (χ1) is 12.6. The van der Waals surface area contributed by atoms with Crippen LogP contribution in [-0.4, -0.2) is 43.1 Å². The standard InChI is InChI=1S/C19H29N7/c20-18-22-19(21,24-23-18)15-3-5-16(6-4-15)25-7-9-26(10-8-25)17-12-13-1-2-14(17)11-13/h3-6,13-14,17,24H,1-2,7-12,21H2,(H3,20,22,23)/t13-,14+,17+,19?/m1/s1. The maximum absolute atomic E-state index is 6.26. The van der Waals surface area contributed by atoms with Gasteiger partial charge < -0.3 is 10.6 Å². The second-order valence-electron chi connectivity index (χ2n) is 8.33. The summed E-state index contributed by atoms with van der Waals surface area (Å²) in [5.41, 5.74) is 19.8. The lowest BCUT2D eigenvalue weighted by molar-refractivity contribution is 0.135. The third kappa shape index (κ3) is 2.74. The van der Waals surface area contributed by atoms with Gasteiger partial charge >= 0.3 is 0 Å². The molecule has 0 amide bonds. The minimum atomic E-state index is -0.983. The van der Waals surface area contributed by atoms with Crippen LogP contribution >= 0.6 is 0 Å². The molecule has 1 unspecified atom stereocenters. The number of aliphatic imine (C=N–C) groups is 1. The van der Waals surface area contributed by atoms with Crippen molar-refractivity contribution >= 4 is 11.6 Å². The maximum atomic E-state index is 6.26. The molecule has 2 bridgehead atoms. The Labute approximate surface area is 154 Å². The Morgan fingerprint density at radius 2 is 1.81 bits per heavy atom. The van der Waals surface area contributed by atoms with Gasteiger partial charge in [0, 0.05) is 43.5 Å². The van der Waals surface area contributed by atoms with E-state index in [1.807, 2.05) is 12.1 Å². The molecule has 7 nitrogen and oxygen atoms in total. The Morgan fingerprint density at radius 1 is 1.04 bits per heavy atom. The molecule has 2 aliphatic heterocycles. The SMILES string of the molecule is NC1=NC(N)(c2ccc(N3CCN([C@H]4C[C@@H]5CC[C@H]4C5)CC3)cc2)NN1. The van der Waals surface area contributed by atoms with Crippen molar-refractivity contribution < 1.29 is 0 Å². The molecule has 4 aliphatic rings. The van der Waals surface area contributed by atoms with Crippen LogP contribution < -0.4 is 27.2 Å². The molecule has 0 radical (unpaired) electrons. The topological polar surface area (TPSA) is 94.9 Å². The fraction of sp³-hybridized carbons (Fsp3) is 0.632. The van der Waals surface area contributed by atoms with Crippen molar-refractivity contribution in [3.63, 3.8) is 0 Å². The van der Waals surface area contributed by atoms with Crippen molar-refractivity contribution in [3.05, 3.63) is 29.8 Å². The van der Waals surface area contributed by atoms with Gasteiger partial charge in [-0.1, -0.05) is 18.6 Å². The summed E-state index contributed by atoms with van der Waals surface area (Å²) in [6, 6.07) is 9.22. The Morgan fingerprint density at radius 3 is 2.38 bits per heavy atom. The van der Waals surface area contributed by atoms with E-state index in [0.29, 0.717) is 5.96 Å². The molecule has 0 spiro atoms. The molecule has 5 rings (SSSR count). The molecule has 2 saturated carbocycles. The molecule has 6 N–H and O–H groups in total. The number of hydrogen-bond acceptors (Lipinski definition) is 7. The molecule has 2 aliphatic carbocycles. The van der Waals surface area contributed by atoms with Crippen molar-refractivity contribution in [2.75, 3.05) is 31.1 Å². The van der Waals surface area contributed by atoms with E-state index < -0.39 is 5.79 Å². The zero-order chi connectivity index (χ0) is 17.7. The van der Waals surface area contributed by atoms with Gasteiger partial charge in [0.15, 0.2) is 0 Å². The third-order valence-electron chi connectivity index (χ3n) is 6.83. The minimum absolute atomic E-state index is 0.313. The van der Waals surface area contributed by atoms with Crippen LogP contribution in [0, 0.1) is 11.8 Å². The second-order valence-corrected chi connectivity index (χ2v) is 8.33. The summed E-state index contributed by atoms with van der Waals surface area (Å²) in [4.78, 5) is 9.48. The molecule has 3 fully saturated rings. The molecule has 1 aromatic rings. The van der Waals surface area contributed by atoms with Gasteiger partial charge in [-0.05, 0) is 43.2 Å². The van der Waals surface area contributed by atoms with Gasteiger partial charge in [-0.15, -0.1) is 0 Å². The summed E-state index contributed by atoms with van der Waals surface area (Å²) in [7, 11) is 0. The van der Waals surface area contributed by atoms with Crippen LogP contribution in [0.25, 0.3) is 0 Å². The Bertz CT molecular complexity index is 694. The molecule has 7 heteroatoms. The molecule has 1 saturated heterocycles. The number of benzene rings is 1. The number of fused-ring (bicyclic) bond motifs is 2. The lowest BCUT2D eigenvalue weighted by Crippen LogP contribution is -2.52. The van der Waals surface area contributed by atoms with Crippen LogP contribution in [0.3, 0.4) is 0 Å². The lowest BCUT2D eigenvalue weighted by Gasteiger charge is -2.42. The van der Waals surface area contributed by atoms with E-state index in [-0.39, 0.29) is 0 Å². The Balaban J connectivity index is 1.22. The number of rotatable bonds is 3. The van der Waals surface area contributed by atoms with Gasteiger partial charge in [0.2, 0.25) is 11.7 Å². The second kappa shape index (κ2) is 6.11. The fourth-order valence-corrected chi connectivity index (χ4v) is 5.44. The highest BCUT2D eigenvalue weighted by molar-refractivity contribution is 5.79. The van der Waals surface area contributed by atoms with Gasteiger partial charge in [0.1, 0.15) is 0 Å². The summed E-state index contributed by atoms with van der Waals surface area (Å²) in [5, 5.41) is 0. The summed E-state index contributed by atoms with van der Waals surface area (Å²) in [5.74, 6) is 1.33. The molecule has 4 atom stereocenters. The van der Waals surface area contributed by atoms with Crippen LogP contribution in [-0.2, 0) is 5.79 Å². The van der Waals surface area contributed by atoms with Gasteiger partial charge in [-0.25, -0.2) is 4.99 Å². The van der Waals surface area contributed by atoms with Crippen LogP contribution in [0.4, 0.5) is 5.69 Å². The van der Waals surface area contributed by atoms with E-state index >= 15 is 0 Å². The minimum Gasteiger partial charge on any atom is -0.369 e. The van der Waals surface area contributed by atoms with E-state index in [2.05, 4.69) is 37.8 Å². The van der Waals surface area contributed by atoms with Crippen molar-refractivity contribution in [2.45, 2.75) is 37.5 Å². The Kier molecular flexibility index (Phi) is 3.84. The predicted molar refractivity (Wildman–Crippen MR) is 103 cm³/mol. The maximum Gasteiger partial charge on any atom is 0.209 e. The summed E-state index contributed by atoms with van der Waals surface area (Å²) in [6.07, 6.45) is 5.88. The number of hydrazine groups is 1. The molecule has 1 aromatic carbocycles. The van der Waals surface area contributed by atoms with Crippen molar-refractivity contribution in [1.82, 2.24) is 15.8 Å². The smallest absolute Gasteiger partial charge is 0.209 e. The average Bonchev–Trinajstić information content (AvgIpc) is 3.38. The summed E-state index contributed by atoms with van der Waals surface area (Å²) >= 11 is 0. The number of piperazine rings is 1. The summed E-state index contributed by atoms with van der Waals surface area (Å²) < 4.78 is 0. The molecular formula is C19H29N7.